The van der Waals surface area contributed by atoms with E-state index in [9.17, 15) is 0 Å². The molecule has 2 aliphatic rings. The van der Waals surface area contributed by atoms with E-state index in [-0.39, 0.29) is 5.60 Å². The van der Waals surface area contributed by atoms with Crippen LogP contribution in [0.2, 0.25) is 0 Å². The third-order valence-corrected chi connectivity index (χ3v) is 4.55. The lowest BCUT2D eigenvalue weighted by Gasteiger charge is -2.51. The third-order valence-electron chi connectivity index (χ3n) is 4.55. The quantitative estimate of drug-likeness (QED) is 0.905. The summed E-state index contributed by atoms with van der Waals surface area (Å²) < 4.78 is 17.4. The molecule has 4 heteroatoms. The van der Waals surface area contributed by atoms with Gasteiger partial charge in [-0.3, -0.25) is 0 Å². The van der Waals surface area contributed by atoms with Gasteiger partial charge in [0, 0.05) is 37.5 Å². The van der Waals surface area contributed by atoms with Crippen LogP contribution in [0.25, 0.3) is 0 Å². The molecule has 1 fully saturated rings. The first-order chi connectivity index (χ1) is 10.2. The number of hydrogen-bond acceptors (Lipinski definition) is 4. The molecule has 1 aliphatic heterocycles. The van der Waals surface area contributed by atoms with Gasteiger partial charge in [0.05, 0.1) is 13.2 Å². The number of nitrogens with one attached hydrogen (secondary N) is 1. The fourth-order valence-electron chi connectivity index (χ4n) is 3.58. The van der Waals surface area contributed by atoms with Crippen LogP contribution in [0.15, 0.2) is 18.2 Å². The fourth-order valence-corrected chi connectivity index (χ4v) is 3.58. The first-order valence-corrected chi connectivity index (χ1v) is 7.91. The lowest BCUT2D eigenvalue weighted by atomic mass is 9.71. The molecule has 0 radical (unpaired) electrons. The van der Waals surface area contributed by atoms with Gasteiger partial charge < -0.3 is 19.5 Å². The molecular formula is C17H25NO3. The molecule has 1 atom stereocenters. The molecule has 1 aromatic carbocycles. The smallest absolute Gasteiger partial charge is 0.125 e. The molecule has 1 aromatic rings. The summed E-state index contributed by atoms with van der Waals surface area (Å²) in [7, 11) is 1.70. The molecule has 0 amide bonds. The molecule has 0 saturated heterocycles. The first kappa shape index (κ1) is 14.7. The van der Waals surface area contributed by atoms with Crippen LogP contribution in [-0.4, -0.2) is 32.0 Å². The zero-order chi connectivity index (χ0) is 14.9. The molecular weight excluding hydrogens is 266 g/mol. The minimum absolute atomic E-state index is 0.0474. The van der Waals surface area contributed by atoms with Crippen molar-refractivity contribution in [3.8, 4) is 11.5 Å². The van der Waals surface area contributed by atoms with Crippen molar-refractivity contribution in [3.05, 3.63) is 23.8 Å². The summed E-state index contributed by atoms with van der Waals surface area (Å²) in [4.78, 5) is 0. The van der Waals surface area contributed by atoms with Crippen LogP contribution in [0.1, 0.15) is 44.7 Å². The Bertz CT molecular complexity index is 497. The predicted octanol–water partition coefficient (Wildman–Crippen LogP) is 3.07. The largest absolute Gasteiger partial charge is 0.497 e. The van der Waals surface area contributed by atoms with Gasteiger partial charge in [-0.1, -0.05) is 6.92 Å². The second-order valence-electron chi connectivity index (χ2n) is 5.99. The van der Waals surface area contributed by atoms with Gasteiger partial charge in [-0.05, 0) is 31.7 Å². The molecule has 1 saturated carbocycles. The van der Waals surface area contributed by atoms with E-state index in [1.54, 1.807) is 7.11 Å². The molecule has 0 aromatic heterocycles. The second-order valence-corrected chi connectivity index (χ2v) is 5.99. The highest BCUT2D eigenvalue weighted by atomic mass is 16.5. The number of hydrogen-bond donors (Lipinski definition) is 1. The summed E-state index contributed by atoms with van der Waals surface area (Å²) in [5.41, 5.74) is 1.16. The Morgan fingerprint density at radius 2 is 2.10 bits per heavy atom. The average Bonchev–Trinajstić information content (AvgIpc) is 2.46. The van der Waals surface area contributed by atoms with E-state index in [1.807, 2.05) is 12.1 Å². The lowest BCUT2D eigenvalue weighted by molar-refractivity contribution is -0.135. The maximum absolute atomic E-state index is 6.33. The monoisotopic (exact) mass is 291 g/mol. The molecule has 1 heterocycles. The number of methoxy groups -OCH3 is 1. The summed E-state index contributed by atoms with van der Waals surface area (Å²) in [5.74, 6) is 1.87. The number of rotatable bonds is 5. The molecule has 1 spiro atoms. The summed E-state index contributed by atoms with van der Waals surface area (Å²) in [6, 6.07) is 6.43. The first-order valence-electron chi connectivity index (χ1n) is 7.91. The number of fused-ring (bicyclic) bond motifs is 1. The minimum atomic E-state index is -0.0474. The van der Waals surface area contributed by atoms with E-state index in [4.69, 9.17) is 14.2 Å². The van der Waals surface area contributed by atoms with Crippen LogP contribution in [0.4, 0.5) is 0 Å². The van der Waals surface area contributed by atoms with Gasteiger partial charge in [0.1, 0.15) is 17.1 Å². The molecule has 0 bridgehead atoms. The van der Waals surface area contributed by atoms with E-state index in [0.29, 0.717) is 12.1 Å². The van der Waals surface area contributed by atoms with Gasteiger partial charge in [0.2, 0.25) is 0 Å². The zero-order valence-corrected chi connectivity index (χ0v) is 13.1. The second kappa shape index (κ2) is 5.85. The summed E-state index contributed by atoms with van der Waals surface area (Å²) >= 11 is 0. The van der Waals surface area contributed by atoms with Crippen LogP contribution in [0.5, 0.6) is 11.5 Å². The highest BCUT2D eigenvalue weighted by molar-refractivity contribution is 5.45. The highest BCUT2D eigenvalue weighted by Crippen LogP contribution is 2.50. The highest BCUT2D eigenvalue weighted by Gasteiger charge is 2.51. The van der Waals surface area contributed by atoms with E-state index in [1.165, 1.54) is 5.56 Å². The Morgan fingerprint density at radius 3 is 2.76 bits per heavy atom. The molecule has 1 aliphatic carbocycles. The van der Waals surface area contributed by atoms with Gasteiger partial charge in [-0.15, -0.1) is 0 Å². The van der Waals surface area contributed by atoms with Crippen molar-refractivity contribution >= 4 is 0 Å². The van der Waals surface area contributed by atoms with Gasteiger partial charge in [-0.25, -0.2) is 0 Å². The van der Waals surface area contributed by atoms with E-state index in [2.05, 4.69) is 25.2 Å². The lowest BCUT2D eigenvalue weighted by Crippen LogP contribution is -2.56. The minimum Gasteiger partial charge on any atom is -0.497 e. The molecule has 1 unspecified atom stereocenters. The van der Waals surface area contributed by atoms with Crippen molar-refractivity contribution in [2.75, 3.05) is 20.3 Å². The van der Waals surface area contributed by atoms with Crippen LogP contribution in [0.3, 0.4) is 0 Å². The maximum Gasteiger partial charge on any atom is 0.125 e. The maximum atomic E-state index is 6.33. The van der Waals surface area contributed by atoms with Crippen molar-refractivity contribution in [1.82, 2.24) is 5.32 Å². The summed E-state index contributed by atoms with van der Waals surface area (Å²) in [5, 5.41) is 3.59. The normalized spacial score (nSPS) is 30.4. The van der Waals surface area contributed by atoms with Gasteiger partial charge >= 0.3 is 0 Å². The van der Waals surface area contributed by atoms with Crippen LogP contribution in [-0.2, 0) is 4.74 Å². The van der Waals surface area contributed by atoms with Crippen molar-refractivity contribution in [3.63, 3.8) is 0 Å². The molecule has 21 heavy (non-hydrogen) atoms. The van der Waals surface area contributed by atoms with Gasteiger partial charge in [-0.2, -0.15) is 0 Å². The zero-order valence-electron chi connectivity index (χ0n) is 13.1. The van der Waals surface area contributed by atoms with E-state index < -0.39 is 0 Å². The Morgan fingerprint density at radius 1 is 1.29 bits per heavy atom. The summed E-state index contributed by atoms with van der Waals surface area (Å²) in [6.45, 7) is 5.93. The predicted molar refractivity (Wildman–Crippen MR) is 82.0 cm³/mol. The van der Waals surface area contributed by atoms with Gasteiger partial charge in [0.25, 0.3) is 0 Å². The van der Waals surface area contributed by atoms with Crippen molar-refractivity contribution in [1.29, 1.82) is 0 Å². The summed E-state index contributed by atoms with van der Waals surface area (Å²) in [6.07, 6.45) is 3.35. The fraction of sp³-hybridized carbons (Fsp3) is 0.647. The molecule has 3 rings (SSSR count). The Kier molecular flexibility index (Phi) is 4.09. The number of ether oxygens (including phenoxy) is 3. The van der Waals surface area contributed by atoms with Crippen LogP contribution < -0.4 is 14.8 Å². The third kappa shape index (κ3) is 2.74. The molecule has 116 valence electrons. The van der Waals surface area contributed by atoms with Gasteiger partial charge in [0.15, 0.2) is 0 Å². The van der Waals surface area contributed by atoms with Crippen molar-refractivity contribution < 1.29 is 14.2 Å². The average molecular weight is 291 g/mol. The SMILES string of the molecule is CCNC1CC2(CC(OCC)C2)Oc2ccc(OC)cc21. The molecule has 1 N–H and O–H groups in total. The number of benzene rings is 1. The van der Waals surface area contributed by atoms with E-state index >= 15 is 0 Å². The Balaban J connectivity index is 1.82. The topological polar surface area (TPSA) is 39.7 Å². The Labute approximate surface area is 126 Å². The standard InChI is InChI=1S/C17H25NO3/c1-4-18-15-11-17(9-13(10-17)20-5-2)21-16-7-6-12(19-3)8-14(15)16/h6-8,13,15,18H,4-5,9-11H2,1-3H3. The van der Waals surface area contributed by atoms with E-state index in [0.717, 1.165) is 43.9 Å². The van der Waals surface area contributed by atoms with Crippen LogP contribution in [0, 0.1) is 0 Å². The Hall–Kier alpha value is -1.26. The van der Waals surface area contributed by atoms with Crippen molar-refractivity contribution in [2.24, 2.45) is 0 Å². The van der Waals surface area contributed by atoms with Crippen LogP contribution >= 0.6 is 0 Å². The van der Waals surface area contributed by atoms with Crippen molar-refractivity contribution in [2.45, 2.75) is 50.9 Å². The molecule has 4 nitrogen and oxygen atoms in total.